The molecule has 1 aromatic carbocycles. The second kappa shape index (κ2) is 6.33. The molecule has 0 radical (unpaired) electrons. The van der Waals surface area contributed by atoms with Gasteiger partial charge in [-0.2, -0.15) is 17.6 Å². The zero-order valence-corrected chi connectivity index (χ0v) is 10.5. The maximum Gasteiger partial charge on any atom is 0.406 e. The van der Waals surface area contributed by atoms with Gasteiger partial charge >= 0.3 is 11.2 Å². The van der Waals surface area contributed by atoms with Crippen LogP contribution in [0.5, 0.6) is 5.75 Å². The van der Waals surface area contributed by atoms with Gasteiger partial charge in [-0.05, 0) is 18.6 Å². The normalized spacial score (nSPS) is 14.2. The van der Waals surface area contributed by atoms with Crippen molar-refractivity contribution >= 4 is 11.1 Å². The minimum absolute atomic E-state index is 0.187. The fourth-order valence-corrected chi connectivity index (χ4v) is 1.63. The van der Waals surface area contributed by atoms with Gasteiger partial charge in [0.25, 0.3) is 0 Å². The standard InChI is InChI=1S/C11H12F4O3S/c12-10(13,11(14,15)19(16)17)7-4-8-18-9-5-2-1-3-6-9/h1-3,5-6H,4,7-8H2,(H,16,17). The first-order valence-electron chi connectivity index (χ1n) is 5.32. The van der Waals surface area contributed by atoms with E-state index in [-0.39, 0.29) is 13.0 Å². The van der Waals surface area contributed by atoms with Gasteiger partial charge < -0.3 is 9.29 Å². The first-order chi connectivity index (χ1) is 8.77. The molecule has 0 amide bonds. The van der Waals surface area contributed by atoms with Crippen LogP contribution in [0.4, 0.5) is 17.6 Å². The van der Waals surface area contributed by atoms with Crippen LogP contribution in [0.2, 0.25) is 0 Å². The third-order valence-corrected chi connectivity index (χ3v) is 3.03. The number of alkyl halides is 4. The zero-order chi connectivity index (χ0) is 14.5. The summed E-state index contributed by atoms with van der Waals surface area (Å²) >= 11 is -3.91. The van der Waals surface area contributed by atoms with Crippen molar-refractivity contribution in [2.45, 2.75) is 24.0 Å². The summed E-state index contributed by atoms with van der Waals surface area (Å²) in [5.41, 5.74) is 0. The van der Waals surface area contributed by atoms with Gasteiger partial charge in [0.15, 0.2) is 0 Å². The molecule has 0 aromatic heterocycles. The summed E-state index contributed by atoms with van der Waals surface area (Å²) in [5.74, 6) is -4.12. The van der Waals surface area contributed by atoms with Crippen molar-refractivity contribution in [1.82, 2.24) is 0 Å². The fourth-order valence-electron chi connectivity index (χ4n) is 1.27. The van der Waals surface area contributed by atoms with Crippen LogP contribution in [0.25, 0.3) is 0 Å². The van der Waals surface area contributed by atoms with Crippen molar-refractivity contribution in [2.24, 2.45) is 0 Å². The lowest BCUT2D eigenvalue weighted by molar-refractivity contribution is -0.162. The lowest BCUT2D eigenvalue weighted by Crippen LogP contribution is -2.44. The molecule has 0 saturated heterocycles. The number of rotatable bonds is 7. The SMILES string of the molecule is O=S(O)C(F)(F)C(F)(F)CCCOc1ccccc1. The Morgan fingerprint density at radius 3 is 2.26 bits per heavy atom. The number of ether oxygens (including phenoxy) is 1. The van der Waals surface area contributed by atoms with Crippen LogP contribution in [0.3, 0.4) is 0 Å². The van der Waals surface area contributed by atoms with Crippen LogP contribution in [0.1, 0.15) is 12.8 Å². The van der Waals surface area contributed by atoms with E-state index in [0.29, 0.717) is 5.75 Å². The first-order valence-corrected chi connectivity index (χ1v) is 6.42. The number of para-hydroxylation sites is 1. The van der Waals surface area contributed by atoms with E-state index in [2.05, 4.69) is 0 Å². The Bertz CT molecular complexity index is 425. The van der Waals surface area contributed by atoms with Gasteiger partial charge in [-0.3, -0.25) is 0 Å². The monoisotopic (exact) mass is 300 g/mol. The Balaban J connectivity index is 2.42. The third kappa shape index (κ3) is 4.17. The highest BCUT2D eigenvalue weighted by Gasteiger charge is 2.60. The molecule has 3 nitrogen and oxygen atoms in total. The van der Waals surface area contributed by atoms with Gasteiger partial charge in [0.1, 0.15) is 5.75 Å². The molecule has 1 atom stereocenters. The molecular weight excluding hydrogens is 288 g/mol. The van der Waals surface area contributed by atoms with Crippen molar-refractivity contribution in [3.8, 4) is 5.75 Å². The maximum atomic E-state index is 13.0. The van der Waals surface area contributed by atoms with E-state index in [1.807, 2.05) is 0 Å². The number of hydrogen-bond acceptors (Lipinski definition) is 2. The van der Waals surface area contributed by atoms with Crippen LogP contribution in [0.15, 0.2) is 30.3 Å². The molecule has 1 rings (SSSR count). The topological polar surface area (TPSA) is 46.5 Å². The Kier molecular flexibility index (Phi) is 5.30. The second-order valence-corrected chi connectivity index (χ2v) is 4.75. The van der Waals surface area contributed by atoms with Crippen molar-refractivity contribution in [3.63, 3.8) is 0 Å². The van der Waals surface area contributed by atoms with E-state index in [4.69, 9.17) is 9.29 Å². The minimum Gasteiger partial charge on any atom is -0.494 e. The summed E-state index contributed by atoms with van der Waals surface area (Å²) < 4.78 is 74.9. The van der Waals surface area contributed by atoms with E-state index >= 15 is 0 Å². The Morgan fingerprint density at radius 2 is 1.74 bits per heavy atom. The molecule has 1 N–H and O–H groups in total. The van der Waals surface area contributed by atoms with Crippen LogP contribution in [-0.4, -0.2) is 26.5 Å². The summed E-state index contributed by atoms with van der Waals surface area (Å²) in [6, 6.07) is 8.27. The van der Waals surface area contributed by atoms with Gasteiger partial charge in [0, 0.05) is 6.42 Å². The minimum atomic E-state index is -4.96. The van der Waals surface area contributed by atoms with Crippen LogP contribution >= 0.6 is 0 Å². The van der Waals surface area contributed by atoms with Crippen molar-refractivity contribution in [2.75, 3.05) is 6.61 Å². The fraction of sp³-hybridized carbons (Fsp3) is 0.455. The number of benzene rings is 1. The van der Waals surface area contributed by atoms with Gasteiger partial charge in [0.2, 0.25) is 11.1 Å². The van der Waals surface area contributed by atoms with Crippen molar-refractivity contribution in [1.29, 1.82) is 0 Å². The highest BCUT2D eigenvalue weighted by atomic mass is 32.2. The Morgan fingerprint density at radius 1 is 1.16 bits per heavy atom. The Labute approximate surface area is 109 Å². The largest absolute Gasteiger partial charge is 0.494 e. The molecule has 8 heteroatoms. The predicted molar refractivity (Wildman–Crippen MR) is 61.8 cm³/mol. The summed E-state index contributed by atoms with van der Waals surface area (Å²) in [6.45, 7) is -0.187. The quantitative estimate of drug-likeness (QED) is 0.477. The van der Waals surface area contributed by atoms with Gasteiger partial charge in [0.05, 0.1) is 6.61 Å². The molecule has 1 aromatic rings. The van der Waals surface area contributed by atoms with Gasteiger partial charge in [-0.15, -0.1) is 0 Å². The summed E-state index contributed by atoms with van der Waals surface area (Å²) in [6.07, 6.45) is -1.60. The first kappa shape index (κ1) is 15.9. The smallest absolute Gasteiger partial charge is 0.406 e. The molecule has 0 heterocycles. The van der Waals surface area contributed by atoms with Crippen LogP contribution in [-0.2, 0) is 11.1 Å². The maximum absolute atomic E-state index is 13.0. The summed E-state index contributed by atoms with van der Waals surface area (Å²) in [5, 5.41) is -4.96. The molecule has 0 bridgehead atoms. The average molecular weight is 300 g/mol. The van der Waals surface area contributed by atoms with E-state index in [1.54, 1.807) is 30.3 Å². The lowest BCUT2D eigenvalue weighted by Gasteiger charge is -2.23. The summed E-state index contributed by atoms with van der Waals surface area (Å²) in [4.78, 5) is 0. The molecule has 0 aliphatic rings. The predicted octanol–water partition coefficient (Wildman–Crippen LogP) is 3.30. The van der Waals surface area contributed by atoms with E-state index in [9.17, 15) is 21.8 Å². The molecule has 0 aliphatic carbocycles. The zero-order valence-electron chi connectivity index (χ0n) is 9.69. The third-order valence-electron chi connectivity index (χ3n) is 2.29. The molecule has 0 saturated carbocycles. The summed E-state index contributed by atoms with van der Waals surface area (Å²) in [7, 11) is 0. The molecular formula is C11H12F4O3S. The van der Waals surface area contributed by atoms with Crippen LogP contribution < -0.4 is 4.74 Å². The average Bonchev–Trinajstić information content (AvgIpc) is 2.35. The van der Waals surface area contributed by atoms with E-state index in [1.165, 1.54) is 0 Å². The number of hydrogen-bond donors (Lipinski definition) is 1. The Hall–Kier alpha value is -1.15. The van der Waals surface area contributed by atoms with E-state index < -0.39 is 28.7 Å². The van der Waals surface area contributed by atoms with Crippen LogP contribution in [0, 0.1) is 0 Å². The molecule has 1 unspecified atom stereocenters. The van der Waals surface area contributed by atoms with Gasteiger partial charge in [-0.25, -0.2) is 4.21 Å². The van der Waals surface area contributed by atoms with Crippen molar-refractivity contribution in [3.05, 3.63) is 30.3 Å². The second-order valence-electron chi connectivity index (χ2n) is 3.74. The molecule has 0 fully saturated rings. The molecule has 0 spiro atoms. The molecule has 19 heavy (non-hydrogen) atoms. The lowest BCUT2D eigenvalue weighted by atomic mass is 10.2. The molecule has 108 valence electrons. The molecule has 0 aliphatic heterocycles. The van der Waals surface area contributed by atoms with Gasteiger partial charge in [-0.1, -0.05) is 18.2 Å². The van der Waals surface area contributed by atoms with Crippen molar-refractivity contribution < 1.29 is 31.1 Å². The number of halogens is 4. The highest BCUT2D eigenvalue weighted by molar-refractivity contribution is 7.80. The highest BCUT2D eigenvalue weighted by Crippen LogP contribution is 2.39. The van der Waals surface area contributed by atoms with E-state index in [0.717, 1.165) is 0 Å².